The lowest BCUT2D eigenvalue weighted by molar-refractivity contribution is -0.00670. The van der Waals surface area contributed by atoms with E-state index in [1.54, 1.807) is 13.4 Å². The van der Waals surface area contributed by atoms with Gasteiger partial charge in [-0.3, -0.25) is 0 Å². The highest BCUT2D eigenvalue weighted by atomic mass is 16.5. The molecular formula is C13H23NO3. The maximum Gasteiger partial charge on any atom is 0.133 e. The van der Waals surface area contributed by atoms with E-state index >= 15 is 0 Å². The molecule has 1 atom stereocenters. The van der Waals surface area contributed by atoms with Crippen LogP contribution in [0.4, 0.5) is 0 Å². The van der Waals surface area contributed by atoms with E-state index in [2.05, 4.69) is 12.2 Å². The summed E-state index contributed by atoms with van der Waals surface area (Å²) >= 11 is 0. The van der Waals surface area contributed by atoms with Gasteiger partial charge >= 0.3 is 0 Å². The van der Waals surface area contributed by atoms with Crippen molar-refractivity contribution in [3.05, 3.63) is 23.7 Å². The molecule has 0 aliphatic carbocycles. The molecule has 0 saturated carbocycles. The molecule has 0 amide bonds. The lowest BCUT2D eigenvalue weighted by Crippen LogP contribution is -2.17. The molecule has 0 aliphatic rings. The van der Waals surface area contributed by atoms with E-state index in [1.165, 1.54) is 5.56 Å². The summed E-state index contributed by atoms with van der Waals surface area (Å²) in [5, 5.41) is 3.35. The second-order valence-corrected chi connectivity index (χ2v) is 4.12. The van der Waals surface area contributed by atoms with Crippen LogP contribution in [0.5, 0.6) is 0 Å². The minimum atomic E-state index is 0.0848. The Balaban J connectivity index is 2.34. The maximum absolute atomic E-state index is 5.63. The molecule has 1 heterocycles. The van der Waals surface area contributed by atoms with E-state index in [-0.39, 0.29) is 6.10 Å². The first-order chi connectivity index (χ1) is 8.27. The molecule has 0 fully saturated rings. The largest absolute Gasteiger partial charge is 0.467 e. The summed E-state index contributed by atoms with van der Waals surface area (Å²) in [6.07, 6.45) is 2.93. The van der Waals surface area contributed by atoms with E-state index < -0.39 is 0 Å². The van der Waals surface area contributed by atoms with Crippen LogP contribution in [0.3, 0.4) is 0 Å². The number of nitrogens with one attached hydrogen (secondary N) is 1. The summed E-state index contributed by atoms with van der Waals surface area (Å²) in [4.78, 5) is 0. The lowest BCUT2D eigenvalue weighted by atomic mass is 10.2. The van der Waals surface area contributed by atoms with Crippen LogP contribution in [0, 0.1) is 0 Å². The van der Waals surface area contributed by atoms with Gasteiger partial charge in [-0.2, -0.15) is 0 Å². The van der Waals surface area contributed by atoms with Gasteiger partial charge < -0.3 is 19.2 Å². The van der Waals surface area contributed by atoms with Crippen LogP contribution in [0.2, 0.25) is 0 Å². The molecule has 4 nitrogen and oxygen atoms in total. The van der Waals surface area contributed by atoms with Crippen molar-refractivity contribution >= 4 is 0 Å². The Morgan fingerprint density at radius 3 is 3.00 bits per heavy atom. The molecule has 4 heteroatoms. The quantitative estimate of drug-likeness (QED) is 0.674. The summed E-state index contributed by atoms with van der Waals surface area (Å²) in [5.74, 6) is 0.900. The number of methoxy groups -OCH3 is 1. The van der Waals surface area contributed by atoms with Gasteiger partial charge in [-0.1, -0.05) is 6.92 Å². The van der Waals surface area contributed by atoms with Gasteiger partial charge in [-0.15, -0.1) is 0 Å². The number of furan rings is 1. The molecule has 0 aliphatic heterocycles. The predicted molar refractivity (Wildman–Crippen MR) is 66.8 cm³/mol. The minimum Gasteiger partial charge on any atom is -0.467 e. The van der Waals surface area contributed by atoms with Gasteiger partial charge in [-0.25, -0.2) is 0 Å². The number of ether oxygens (including phenoxy) is 2. The van der Waals surface area contributed by atoms with Gasteiger partial charge in [0.05, 0.1) is 19.0 Å². The average molecular weight is 241 g/mol. The summed E-state index contributed by atoms with van der Waals surface area (Å²) in [6.45, 7) is 7.10. The fourth-order valence-electron chi connectivity index (χ4n) is 1.55. The van der Waals surface area contributed by atoms with Crippen molar-refractivity contribution in [1.29, 1.82) is 0 Å². The van der Waals surface area contributed by atoms with Crippen molar-refractivity contribution in [3.63, 3.8) is 0 Å². The topological polar surface area (TPSA) is 43.6 Å². The van der Waals surface area contributed by atoms with Gasteiger partial charge in [0, 0.05) is 19.2 Å². The Bertz CT molecular complexity index is 299. The first-order valence-corrected chi connectivity index (χ1v) is 6.14. The van der Waals surface area contributed by atoms with Gasteiger partial charge in [0.2, 0.25) is 0 Å². The number of hydrogen-bond donors (Lipinski definition) is 1. The highest BCUT2D eigenvalue weighted by Gasteiger charge is 2.08. The Hall–Kier alpha value is -0.840. The van der Waals surface area contributed by atoms with Crippen molar-refractivity contribution in [2.24, 2.45) is 0 Å². The summed E-state index contributed by atoms with van der Waals surface area (Å²) in [5.41, 5.74) is 1.17. The van der Waals surface area contributed by atoms with Crippen LogP contribution in [0.15, 0.2) is 16.7 Å². The normalized spacial score (nSPS) is 12.9. The van der Waals surface area contributed by atoms with Gasteiger partial charge in [-0.05, 0) is 26.0 Å². The van der Waals surface area contributed by atoms with Crippen LogP contribution < -0.4 is 5.32 Å². The molecule has 1 unspecified atom stereocenters. The molecule has 0 bridgehead atoms. The number of rotatable bonds is 9. The molecular weight excluding hydrogens is 218 g/mol. The van der Waals surface area contributed by atoms with E-state index in [0.717, 1.165) is 25.3 Å². The zero-order valence-electron chi connectivity index (χ0n) is 11.0. The summed E-state index contributed by atoms with van der Waals surface area (Å²) in [7, 11) is 1.67. The predicted octanol–water partition coefficient (Wildman–Crippen LogP) is 2.33. The second kappa shape index (κ2) is 8.28. The van der Waals surface area contributed by atoms with Crippen molar-refractivity contribution in [2.75, 3.05) is 20.3 Å². The smallest absolute Gasteiger partial charge is 0.133 e. The molecule has 0 saturated heterocycles. The molecule has 0 aromatic carbocycles. The second-order valence-electron chi connectivity index (χ2n) is 4.12. The van der Waals surface area contributed by atoms with Crippen LogP contribution in [0.25, 0.3) is 0 Å². The molecule has 1 aromatic heterocycles. The molecule has 1 aromatic rings. The lowest BCUT2D eigenvalue weighted by Gasteiger charge is -2.11. The van der Waals surface area contributed by atoms with E-state index in [1.807, 2.05) is 13.0 Å². The summed E-state index contributed by atoms with van der Waals surface area (Å²) < 4.78 is 16.1. The highest BCUT2D eigenvalue weighted by Crippen LogP contribution is 2.12. The highest BCUT2D eigenvalue weighted by molar-refractivity contribution is 5.16. The first kappa shape index (κ1) is 14.2. The third kappa shape index (κ3) is 5.35. The molecule has 0 spiro atoms. The average Bonchev–Trinajstić information content (AvgIpc) is 2.75. The Morgan fingerprint density at radius 2 is 2.29 bits per heavy atom. The monoisotopic (exact) mass is 241 g/mol. The third-order valence-corrected chi connectivity index (χ3v) is 2.48. The van der Waals surface area contributed by atoms with Crippen molar-refractivity contribution < 1.29 is 13.9 Å². The van der Waals surface area contributed by atoms with Crippen LogP contribution >= 0.6 is 0 Å². The third-order valence-electron chi connectivity index (χ3n) is 2.48. The molecule has 0 radical (unpaired) electrons. The van der Waals surface area contributed by atoms with Crippen molar-refractivity contribution in [3.8, 4) is 0 Å². The first-order valence-electron chi connectivity index (χ1n) is 6.14. The van der Waals surface area contributed by atoms with Crippen molar-refractivity contribution in [2.45, 2.75) is 39.5 Å². The Labute approximate surface area is 103 Å². The van der Waals surface area contributed by atoms with Crippen LogP contribution in [-0.4, -0.2) is 26.4 Å². The fraction of sp³-hybridized carbons (Fsp3) is 0.692. The molecule has 1 N–H and O–H groups in total. The zero-order valence-corrected chi connectivity index (χ0v) is 11.0. The van der Waals surface area contributed by atoms with Crippen LogP contribution in [-0.2, 0) is 22.6 Å². The zero-order chi connectivity index (χ0) is 12.5. The molecule has 98 valence electrons. The summed E-state index contributed by atoms with van der Waals surface area (Å²) in [6, 6.07) is 1.99. The van der Waals surface area contributed by atoms with Crippen LogP contribution in [0.1, 0.15) is 31.6 Å². The Kier molecular flexibility index (Phi) is 6.93. The van der Waals surface area contributed by atoms with Gasteiger partial charge in [0.1, 0.15) is 12.4 Å². The van der Waals surface area contributed by atoms with Gasteiger partial charge in [0.25, 0.3) is 0 Å². The molecule has 17 heavy (non-hydrogen) atoms. The maximum atomic E-state index is 5.63. The standard InChI is InChI=1S/C13H23NO3/c1-4-6-14-8-12-5-7-16-13(12)10-17-11(2)9-15-3/h5,7,11,14H,4,6,8-10H2,1-3H3. The minimum absolute atomic E-state index is 0.0848. The Morgan fingerprint density at radius 1 is 1.47 bits per heavy atom. The van der Waals surface area contributed by atoms with Gasteiger partial charge in [0.15, 0.2) is 0 Å². The fourth-order valence-corrected chi connectivity index (χ4v) is 1.55. The van der Waals surface area contributed by atoms with E-state index in [0.29, 0.717) is 13.2 Å². The van der Waals surface area contributed by atoms with E-state index in [4.69, 9.17) is 13.9 Å². The van der Waals surface area contributed by atoms with Crippen molar-refractivity contribution in [1.82, 2.24) is 5.32 Å². The molecule has 1 rings (SSSR count). The SMILES string of the molecule is CCCNCc1ccoc1COC(C)COC. The number of hydrogen-bond acceptors (Lipinski definition) is 4. The van der Waals surface area contributed by atoms with E-state index in [9.17, 15) is 0 Å².